The number of aromatic hydroxyl groups is 1. The largest absolute Gasteiger partial charge is 0.508 e. The van der Waals surface area contributed by atoms with Gasteiger partial charge in [-0.3, -0.25) is 14.4 Å². The number of unbranched alkanes of at least 4 members (excludes halogenated alkanes) is 1. The number of amides is 3. The first kappa shape index (κ1) is 29.9. The van der Waals surface area contributed by atoms with Crippen molar-refractivity contribution in [3.8, 4) is 5.75 Å². The van der Waals surface area contributed by atoms with Crippen LogP contribution in [0.1, 0.15) is 52.0 Å². The van der Waals surface area contributed by atoms with Gasteiger partial charge in [0.2, 0.25) is 17.7 Å². The van der Waals surface area contributed by atoms with E-state index >= 15 is 0 Å². The molecule has 0 bridgehead atoms. The van der Waals surface area contributed by atoms with Crippen LogP contribution in [0, 0.1) is 5.92 Å². The van der Waals surface area contributed by atoms with E-state index < -0.39 is 47.9 Å². The monoisotopic (exact) mass is 493 g/mol. The van der Waals surface area contributed by atoms with E-state index in [0.29, 0.717) is 31.4 Å². The lowest BCUT2D eigenvalue weighted by atomic mass is 10.0. The molecule has 9 N–H and O–H groups in total. The Morgan fingerprint density at radius 2 is 1.49 bits per heavy atom. The summed E-state index contributed by atoms with van der Waals surface area (Å²) < 4.78 is 0. The topological polar surface area (TPSA) is 197 Å². The summed E-state index contributed by atoms with van der Waals surface area (Å²) in [4.78, 5) is 49.6. The van der Waals surface area contributed by atoms with Gasteiger partial charge in [0.1, 0.15) is 23.9 Å². The zero-order chi connectivity index (χ0) is 26.5. The van der Waals surface area contributed by atoms with Crippen LogP contribution in [0.5, 0.6) is 5.75 Å². The number of carboxylic acid groups (broad SMARTS) is 1. The van der Waals surface area contributed by atoms with Crippen LogP contribution in [-0.4, -0.2) is 64.6 Å². The summed E-state index contributed by atoms with van der Waals surface area (Å²) in [6.07, 6.45) is 1.90. The fourth-order valence-corrected chi connectivity index (χ4v) is 3.40. The van der Waals surface area contributed by atoms with Gasteiger partial charge in [-0.2, -0.15) is 0 Å². The fourth-order valence-electron chi connectivity index (χ4n) is 3.40. The molecule has 11 heteroatoms. The Labute approximate surface area is 206 Å². The fraction of sp³-hybridized carbons (Fsp3) is 0.583. The van der Waals surface area contributed by atoms with Gasteiger partial charge in [-0.05, 0) is 62.8 Å². The van der Waals surface area contributed by atoms with E-state index in [0.717, 1.165) is 0 Å². The summed E-state index contributed by atoms with van der Waals surface area (Å²) in [6, 6.07) is 2.15. The van der Waals surface area contributed by atoms with Crippen molar-refractivity contribution in [2.75, 3.05) is 6.54 Å². The second kappa shape index (κ2) is 14.9. The first-order valence-electron chi connectivity index (χ1n) is 11.8. The number of carboxylic acids is 1. The van der Waals surface area contributed by atoms with Gasteiger partial charge < -0.3 is 37.6 Å². The standard InChI is InChI=1S/C24H39N5O6/c1-14(2)12-18(26)22(32)29-20(13-16-7-9-17(30)10-8-16)23(33)27-15(3)21(31)28-19(24(34)35)6-4-5-11-25/h7-10,14-15,18-20,30H,4-6,11-13,25-26H2,1-3H3,(H,27,33)(H,28,31)(H,29,32)(H,34,35). The second-order valence-corrected chi connectivity index (χ2v) is 9.08. The number of nitrogens with one attached hydrogen (secondary N) is 3. The number of rotatable bonds is 15. The molecule has 4 atom stereocenters. The molecule has 0 aliphatic rings. The molecule has 0 fully saturated rings. The summed E-state index contributed by atoms with van der Waals surface area (Å²) in [5.41, 5.74) is 12.1. The summed E-state index contributed by atoms with van der Waals surface area (Å²) in [5, 5.41) is 26.5. The lowest BCUT2D eigenvalue weighted by Crippen LogP contribution is -2.57. The first-order chi connectivity index (χ1) is 16.4. The number of phenols is 1. The number of benzene rings is 1. The highest BCUT2D eigenvalue weighted by Crippen LogP contribution is 2.12. The van der Waals surface area contributed by atoms with Crippen molar-refractivity contribution in [2.45, 2.75) is 77.0 Å². The van der Waals surface area contributed by atoms with Gasteiger partial charge in [-0.1, -0.05) is 26.0 Å². The average molecular weight is 494 g/mol. The van der Waals surface area contributed by atoms with Crippen LogP contribution in [-0.2, 0) is 25.6 Å². The lowest BCUT2D eigenvalue weighted by Gasteiger charge is -2.24. The summed E-state index contributed by atoms with van der Waals surface area (Å²) in [5.74, 6) is -2.73. The Balaban J connectivity index is 2.89. The van der Waals surface area contributed by atoms with Gasteiger partial charge in [0.05, 0.1) is 6.04 Å². The van der Waals surface area contributed by atoms with Crippen molar-refractivity contribution in [1.82, 2.24) is 16.0 Å². The zero-order valence-corrected chi connectivity index (χ0v) is 20.6. The zero-order valence-electron chi connectivity index (χ0n) is 20.6. The molecule has 3 amide bonds. The molecular weight excluding hydrogens is 454 g/mol. The Morgan fingerprint density at radius 3 is 2.03 bits per heavy atom. The third-order valence-corrected chi connectivity index (χ3v) is 5.38. The highest BCUT2D eigenvalue weighted by Gasteiger charge is 2.28. The molecular formula is C24H39N5O6. The molecule has 0 saturated heterocycles. The molecule has 1 aromatic rings. The number of hydrogen-bond donors (Lipinski definition) is 7. The van der Waals surface area contributed by atoms with E-state index in [2.05, 4.69) is 16.0 Å². The number of nitrogens with two attached hydrogens (primary N) is 2. The van der Waals surface area contributed by atoms with Crippen LogP contribution in [0.25, 0.3) is 0 Å². The molecule has 11 nitrogen and oxygen atoms in total. The second-order valence-electron chi connectivity index (χ2n) is 9.08. The van der Waals surface area contributed by atoms with E-state index in [1.165, 1.54) is 19.1 Å². The van der Waals surface area contributed by atoms with Crippen LogP contribution < -0.4 is 27.4 Å². The van der Waals surface area contributed by atoms with Gasteiger partial charge in [-0.25, -0.2) is 4.79 Å². The molecule has 0 spiro atoms. The van der Waals surface area contributed by atoms with Crippen LogP contribution in [0.4, 0.5) is 0 Å². The average Bonchev–Trinajstić information content (AvgIpc) is 2.78. The Bertz CT molecular complexity index is 845. The maximum Gasteiger partial charge on any atom is 0.326 e. The van der Waals surface area contributed by atoms with Crippen LogP contribution in [0.3, 0.4) is 0 Å². The minimum atomic E-state index is -1.18. The van der Waals surface area contributed by atoms with E-state index in [9.17, 15) is 29.4 Å². The molecule has 35 heavy (non-hydrogen) atoms. The highest BCUT2D eigenvalue weighted by atomic mass is 16.4. The van der Waals surface area contributed by atoms with Gasteiger partial charge >= 0.3 is 5.97 Å². The summed E-state index contributed by atoms with van der Waals surface area (Å²) >= 11 is 0. The molecule has 196 valence electrons. The molecule has 0 aliphatic heterocycles. The molecule has 0 saturated carbocycles. The molecule has 0 aromatic heterocycles. The van der Waals surface area contributed by atoms with Crippen molar-refractivity contribution in [1.29, 1.82) is 0 Å². The van der Waals surface area contributed by atoms with Crippen molar-refractivity contribution in [3.63, 3.8) is 0 Å². The Kier molecular flexibility index (Phi) is 12.7. The Morgan fingerprint density at radius 1 is 0.886 bits per heavy atom. The number of phenolic OH excluding ortho intramolecular Hbond substituents is 1. The number of aliphatic carboxylic acids is 1. The predicted octanol–water partition coefficient (Wildman–Crippen LogP) is -0.00400. The lowest BCUT2D eigenvalue weighted by molar-refractivity contribution is -0.142. The van der Waals surface area contributed by atoms with E-state index in [1.54, 1.807) is 12.1 Å². The summed E-state index contributed by atoms with van der Waals surface area (Å²) in [6.45, 7) is 5.70. The SMILES string of the molecule is CC(C)CC(N)C(=O)NC(Cc1ccc(O)cc1)C(=O)NC(C)C(=O)NC(CCCCN)C(=O)O. The third-order valence-electron chi connectivity index (χ3n) is 5.38. The van der Waals surface area contributed by atoms with Crippen molar-refractivity contribution < 1.29 is 29.4 Å². The van der Waals surface area contributed by atoms with E-state index in [4.69, 9.17) is 11.5 Å². The van der Waals surface area contributed by atoms with Crippen molar-refractivity contribution in [3.05, 3.63) is 29.8 Å². The highest BCUT2D eigenvalue weighted by molar-refractivity contribution is 5.94. The van der Waals surface area contributed by atoms with Crippen molar-refractivity contribution in [2.24, 2.45) is 17.4 Å². The quantitative estimate of drug-likeness (QED) is 0.166. The maximum atomic E-state index is 13.0. The van der Waals surface area contributed by atoms with Crippen LogP contribution >= 0.6 is 0 Å². The van der Waals surface area contributed by atoms with Crippen LogP contribution in [0.2, 0.25) is 0 Å². The normalized spacial score (nSPS) is 14.5. The van der Waals surface area contributed by atoms with Gasteiger partial charge in [0.15, 0.2) is 0 Å². The minimum absolute atomic E-state index is 0.0579. The first-order valence-corrected chi connectivity index (χ1v) is 11.8. The number of carbonyl (C=O) groups excluding carboxylic acids is 3. The molecule has 1 rings (SSSR count). The molecule has 0 heterocycles. The molecule has 1 aromatic carbocycles. The molecule has 4 unspecified atom stereocenters. The van der Waals surface area contributed by atoms with Crippen molar-refractivity contribution >= 4 is 23.7 Å². The Hall–Kier alpha value is -3.18. The third kappa shape index (κ3) is 11.2. The smallest absolute Gasteiger partial charge is 0.326 e. The van der Waals surface area contributed by atoms with E-state index in [-0.39, 0.29) is 24.5 Å². The maximum absolute atomic E-state index is 13.0. The molecule has 0 radical (unpaired) electrons. The van der Waals surface area contributed by atoms with Gasteiger partial charge in [0, 0.05) is 6.42 Å². The number of hydrogen-bond acceptors (Lipinski definition) is 7. The number of carbonyl (C=O) groups is 4. The predicted molar refractivity (Wildman–Crippen MR) is 131 cm³/mol. The van der Waals surface area contributed by atoms with E-state index in [1.807, 2.05) is 13.8 Å². The van der Waals surface area contributed by atoms with Gasteiger partial charge in [-0.15, -0.1) is 0 Å². The summed E-state index contributed by atoms with van der Waals surface area (Å²) in [7, 11) is 0. The van der Waals surface area contributed by atoms with Gasteiger partial charge in [0.25, 0.3) is 0 Å². The minimum Gasteiger partial charge on any atom is -0.508 e. The van der Waals surface area contributed by atoms with Crippen LogP contribution in [0.15, 0.2) is 24.3 Å². The molecule has 0 aliphatic carbocycles.